The Morgan fingerprint density at radius 3 is 2.53 bits per heavy atom. The van der Waals surface area contributed by atoms with Gasteiger partial charge in [0.05, 0.1) is 12.8 Å². The number of carboxylic acids is 2. The molecule has 1 unspecified atom stereocenters. The molecule has 5 nitrogen and oxygen atoms in total. The third kappa shape index (κ3) is 2.76. The van der Waals surface area contributed by atoms with Gasteiger partial charge in [0.1, 0.15) is 0 Å². The molecule has 1 aromatic rings. The molecule has 4 N–H and O–H groups in total. The summed E-state index contributed by atoms with van der Waals surface area (Å²) in [6, 6.07) is 5.55. The molecule has 2 rings (SSSR count). The standard InChI is InChI=1S/C14H17NO4/c15-8-14(7-13(18)19)5-10-3-1-2-9(4-12(16)17)11(10)6-14/h1-3H,4-8,15H2,(H,16,17)(H,18,19). The van der Waals surface area contributed by atoms with E-state index in [0.29, 0.717) is 19.4 Å². The second-order valence-electron chi connectivity index (χ2n) is 5.25. The Labute approximate surface area is 111 Å². The van der Waals surface area contributed by atoms with Crippen LogP contribution in [0.25, 0.3) is 0 Å². The molecule has 0 amide bonds. The van der Waals surface area contributed by atoms with Crippen LogP contribution in [0.4, 0.5) is 0 Å². The van der Waals surface area contributed by atoms with Crippen molar-refractivity contribution in [3.63, 3.8) is 0 Å². The maximum absolute atomic E-state index is 11.0. The molecular weight excluding hydrogens is 246 g/mol. The van der Waals surface area contributed by atoms with Crippen molar-refractivity contribution < 1.29 is 19.8 Å². The summed E-state index contributed by atoms with van der Waals surface area (Å²) < 4.78 is 0. The van der Waals surface area contributed by atoms with E-state index >= 15 is 0 Å². The van der Waals surface area contributed by atoms with E-state index in [9.17, 15) is 9.59 Å². The van der Waals surface area contributed by atoms with Crippen LogP contribution < -0.4 is 5.73 Å². The molecule has 19 heavy (non-hydrogen) atoms. The number of benzene rings is 1. The van der Waals surface area contributed by atoms with Crippen LogP contribution in [0.5, 0.6) is 0 Å². The van der Waals surface area contributed by atoms with Crippen molar-refractivity contribution in [3.8, 4) is 0 Å². The summed E-state index contributed by atoms with van der Waals surface area (Å²) in [5.41, 5.74) is 8.07. The van der Waals surface area contributed by atoms with Crippen LogP contribution in [0.1, 0.15) is 23.1 Å². The van der Waals surface area contributed by atoms with Gasteiger partial charge < -0.3 is 15.9 Å². The normalized spacial score (nSPS) is 21.1. The predicted molar refractivity (Wildman–Crippen MR) is 68.9 cm³/mol. The third-order valence-corrected chi connectivity index (χ3v) is 3.79. The first-order valence-corrected chi connectivity index (χ1v) is 6.19. The first kappa shape index (κ1) is 13.5. The topological polar surface area (TPSA) is 101 Å². The van der Waals surface area contributed by atoms with E-state index in [-0.39, 0.29) is 12.8 Å². The summed E-state index contributed by atoms with van der Waals surface area (Å²) >= 11 is 0. The Kier molecular flexibility index (Phi) is 3.57. The zero-order chi connectivity index (χ0) is 14.0. The van der Waals surface area contributed by atoms with E-state index < -0.39 is 17.4 Å². The molecule has 5 heteroatoms. The van der Waals surface area contributed by atoms with Gasteiger partial charge in [-0.3, -0.25) is 9.59 Å². The lowest BCUT2D eigenvalue weighted by Crippen LogP contribution is -2.33. The minimum Gasteiger partial charge on any atom is -0.481 e. The van der Waals surface area contributed by atoms with Gasteiger partial charge in [0, 0.05) is 5.41 Å². The van der Waals surface area contributed by atoms with E-state index in [4.69, 9.17) is 15.9 Å². The highest BCUT2D eigenvalue weighted by Gasteiger charge is 2.39. The van der Waals surface area contributed by atoms with Crippen LogP contribution in [0.3, 0.4) is 0 Å². The maximum Gasteiger partial charge on any atom is 0.307 e. The Morgan fingerprint density at radius 2 is 1.95 bits per heavy atom. The molecule has 0 aromatic heterocycles. The molecule has 1 aliphatic rings. The Balaban J connectivity index is 2.32. The summed E-state index contributed by atoms with van der Waals surface area (Å²) in [5, 5.41) is 17.9. The maximum atomic E-state index is 11.0. The van der Waals surface area contributed by atoms with Crippen molar-refractivity contribution in [1.29, 1.82) is 0 Å². The molecule has 102 valence electrons. The lowest BCUT2D eigenvalue weighted by atomic mass is 9.81. The lowest BCUT2D eigenvalue weighted by Gasteiger charge is -2.24. The van der Waals surface area contributed by atoms with Crippen LogP contribution in [0.15, 0.2) is 18.2 Å². The van der Waals surface area contributed by atoms with Crippen LogP contribution in [0.2, 0.25) is 0 Å². The molecule has 0 saturated carbocycles. The third-order valence-electron chi connectivity index (χ3n) is 3.79. The van der Waals surface area contributed by atoms with Gasteiger partial charge in [0.2, 0.25) is 0 Å². The zero-order valence-corrected chi connectivity index (χ0v) is 10.6. The minimum absolute atomic E-state index is 0.0185. The fourth-order valence-electron chi connectivity index (χ4n) is 2.91. The van der Waals surface area contributed by atoms with Gasteiger partial charge in [-0.15, -0.1) is 0 Å². The molecule has 0 aliphatic heterocycles. The number of rotatable bonds is 5. The van der Waals surface area contributed by atoms with Crippen LogP contribution in [-0.2, 0) is 28.9 Å². The highest BCUT2D eigenvalue weighted by molar-refractivity contribution is 5.72. The summed E-state index contributed by atoms with van der Waals surface area (Å²) in [6.45, 7) is 0.292. The number of carboxylic acid groups (broad SMARTS) is 2. The van der Waals surface area contributed by atoms with Gasteiger partial charge in [-0.2, -0.15) is 0 Å². The van der Waals surface area contributed by atoms with Crippen molar-refractivity contribution >= 4 is 11.9 Å². The van der Waals surface area contributed by atoms with Crippen LogP contribution in [-0.4, -0.2) is 28.7 Å². The van der Waals surface area contributed by atoms with Crippen molar-refractivity contribution in [2.45, 2.75) is 25.7 Å². The highest BCUT2D eigenvalue weighted by Crippen LogP contribution is 2.40. The van der Waals surface area contributed by atoms with E-state index in [0.717, 1.165) is 16.7 Å². The molecule has 0 bridgehead atoms. The van der Waals surface area contributed by atoms with E-state index in [1.54, 1.807) is 6.07 Å². The molecule has 0 saturated heterocycles. The van der Waals surface area contributed by atoms with E-state index in [2.05, 4.69) is 0 Å². The largest absolute Gasteiger partial charge is 0.481 e. The molecular formula is C14H17NO4. The molecule has 1 aromatic carbocycles. The average Bonchev–Trinajstić information content (AvgIpc) is 2.67. The Morgan fingerprint density at radius 1 is 1.21 bits per heavy atom. The van der Waals surface area contributed by atoms with Gasteiger partial charge >= 0.3 is 11.9 Å². The fraction of sp³-hybridized carbons (Fsp3) is 0.429. The van der Waals surface area contributed by atoms with Crippen molar-refractivity contribution in [1.82, 2.24) is 0 Å². The molecule has 1 aliphatic carbocycles. The predicted octanol–water partition coefficient (Wildman–Crippen LogP) is 0.832. The number of carbonyl (C=O) groups is 2. The summed E-state index contributed by atoms with van der Waals surface area (Å²) in [4.78, 5) is 21.8. The molecule has 0 fully saturated rings. The first-order valence-electron chi connectivity index (χ1n) is 6.19. The Bertz CT molecular complexity index is 526. The van der Waals surface area contributed by atoms with Crippen molar-refractivity contribution in [2.24, 2.45) is 11.1 Å². The van der Waals surface area contributed by atoms with Gasteiger partial charge in [0.25, 0.3) is 0 Å². The number of nitrogens with two attached hydrogens (primary N) is 1. The SMILES string of the molecule is NCC1(CC(=O)O)Cc2cccc(CC(=O)O)c2C1. The molecule has 0 heterocycles. The number of fused-ring (bicyclic) bond motifs is 1. The first-order chi connectivity index (χ1) is 8.96. The highest BCUT2D eigenvalue weighted by atomic mass is 16.4. The van der Waals surface area contributed by atoms with E-state index in [1.807, 2.05) is 12.1 Å². The molecule has 0 radical (unpaired) electrons. The second-order valence-corrected chi connectivity index (χ2v) is 5.25. The smallest absolute Gasteiger partial charge is 0.307 e. The van der Waals surface area contributed by atoms with Crippen LogP contribution >= 0.6 is 0 Å². The summed E-state index contributed by atoms with van der Waals surface area (Å²) in [7, 11) is 0. The van der Waals surface area contributed by atoms with Crippen molar-refractivity contribution in [3.05, 3.63) is 34.9 Å². The zero-order valence-electron chi connectivity index (χ0n) is 10.6. The number of hydrogen-bond donors (Lipinski definition) is 3. The minimum atomic E-state index is -0.878. The van der Waals surface area contributed by atoms with Gasteiger partial charge in [-0.1, -0.05) is 18.2 Å². The average molecular weight is 263 g/mol. The van der Waals surface area contributed by atoms with Crippen LogP contribution in [0, 0.1) is 5.41 Å². The molecule has 1 atom stereocenters. The second kappa shape index (κ2) is 5.01. The van der Waals surface area contributed by atoms with Crippen molar-refractivity contribution in [2.75, 3.05) is 6.54 Å². The van der Waals surface area contributed by atoms with Gasteiger partial charge in [0.15, 0.2) is 0 Å². The number of aliphatic carboxylic acids is 2. The van der Waals surface area contributed by atoms with Gasteiger partial charge in [-0.25, -0.2) is 0 Å². The number of hydrogen-bond acceptors (Lipinski definition) is 3. The quantitative estimate of drug-likeness (QED) is 0.730. The van der Waals surface area contributed by atoms with Gasteiger partial charge in [-0.05, 0) is 36.1 Å². The Hall–Kier alpha value is -1.88. The summed E-state index contributed by atoms with van der Waals surface area (Å²) in [6.07, 6.45) is 1.15. The fourth-order valence-corrected chi connectivity index (χ4v) is 2.91. The molecule has 0 spiro atoms. The van der Waals surface area contributed by atoms with E-state index in [1.165, 1.54) is 0 Å². The monoisotopic (exact) mass is 263 g/mol. The summed E-state index contributed by atoms with van der Waals surface area (Å²) in [5.74, 6) is -1.74. The lowest BCUT2D eigenvalue weighted by molar-refractivity contribution is -0.139.